The zero-order chi connectivity index (χ0) is 14.6. The first-order chi connectivity index (χ1) is 8.81. The van der Waals surface area contributed by atoms with Gasteiger partial charge in [-0.15, -0.1) is 0 Å². The van der Waals surface area contributed by atoms with Gasteiger partial charge in [-0.3, -0.25) is 9.59 Å². The number of nitrogens with one attached hydrogen (secondary N) is 1. The maximum atomic E-state index is 11.7. The van der Waals surface area contributed by atoms with Crippen molar-refractivity contribution in [3.8, 4) is 0 Å². The lowest BCUT2D eigenvalue weighted by atomic mass is 10.2. The smallest absolute Gasteiger partial charge is 0.240 e. The summed E-state index contributed by atoms with van der Waals surface area (Å²) in [4.78, 5) is 24.7. The maximum absolute atomic E-state index is 11.7. The molecule has 0 heterocycles. The van der Waals surface area contributed by atoms with Crippen LogP contribution < -0.4 is 10.2 Å². The first kappa shape index (κ1) is 15.8. The van der Waals surface area contributed by atoms with Gasteiger partial charge in [-0.1, -0.05) is 23.2 Å². The van der Waals surface area contributed by atoms with E-state index in [1.54, 1.807) is 18.2 Å². The van der Waals surface area contributed by atoms with Crippen molar-refractivity contribution in [1.29, 1.82) is 0 Å². The summed E-state index contributed by atoms with van der Waals surface area (Å²) in [5, 5.41) is 3.48. The topological polar surface area (TPSA) is 49.4 Å². The van der Waals surface area contributed by atoms with E-state index in [0.717, 1.165) is 0 Å². The fourth-order valence-electron chi connectivity index (χ4n) is 1.55. The molecule has 0 atom stereocenters. The SMILES string of the molecule is CC(=O)N(CC(=O)NC(C)C)c1ccc(Cl)c(Cl)c1. The van der Waals surface area contributed by atoms with Crippen LogP contribution in [0.2, 0.25) is 10.0 Å². The van der Waals surface area contributed by atoms with Crippen molar-refractivity contribution in [1.82, 2.24) is 5.32 Å². The zero-order valence-corrected chi connectivity index (χ0v) is 12.5. The Labute approximate surface area is 122 Å². The highest BCUT2D eigenvalue weighted by molar-refractivity contribution is 6.42. The number of benzene rings is 1. The molecule has 0 saturated heterocycles. The van der Waals surface area contributed by atoms with Gasteiger partial charge in [0.15, 0.2) is 0 Å². The molecule has 2 amide bonds. The summed E-state index contributed by atoms with van der Waals surface area (Å²) in [7, 11) is 0. The molecule has 104 valence electrons. The minimum Gasteiger partial charge on any atom is -0.352 e. The van der Waals surface area contributed by atoms with Gasteiger partial charge in [0.1, 0.15) is 6.54 Å². The van der Waals surface area contributed by atoms with E-state index >= 15 is 0 Å². The van der Waals surface area contributed by atoms with Gasteiger partial charge < -0.3 is 10.2 Å². The number of hydrogen-bond acceptors (Lipinski definition) is 2. The Morgan fingerprint density at radius 3 is 2.37 bits per heavy atom. The van der Waals surface area contributed by atoms with Crippen LogP contribution in [0.3, 0.4) is 0 Å². The molecule has 0 aromatic heterocycles. The summed E-state index contributed by atoms with van der Waals surface area (Å²) in [6.45, 7) is 5.06. The molecule has 1 rings (SSSR count). The van der Waals surface area contributed by atoms with Crippen LogP contribution in [0.25, 0.3) is 0 Å². The number of amides is 2. The van der Waals surface area contributed by atoms with E-state index < -0.39 is 0 Å². The van der Waals surface area contributed by atoms with Gasteiger partial charge in [0, 0.05) is 18.7 Å². The van der Waals surface area contributed by atoms with Gasteiger partial charge in [-0.05, 0) is 32.0 Å². The van der Waals surface area contributed by atoms with E-state index in [4.69, 9.17) is 23.2 Å². The fraction of sp³-hybridized carbons (Fsp3) is 0.385. The Morgan fingerprint density at radius 1 is 1.26 bits per heavy atom. The van der Waals surface area contributed by atoms with E-state index in [0.29, 0.717) is 15.7 Å². The first-order valence-electron chi connectivity index (χ1n) is 5.83. The highest BCUT2D eigenvalue weighted by Gasteiger charge is 2.17. The van der Waals surface area contributed by atoms with Gasteiger partial charge in [0.05, 0.1) is 10.0 Å². The second kappa shape index (κ2) is 6.78. The van der Waals surface area contributed by atoms with Crippen LogP contribution in [0.1, 0.15) is 20.8 Å². The largest absolute Gasteiger partial charge is 0.352 e. The Morgan fingerprint density at radius 2 is 1.89 bits per heavy atom. The molecule has 6 heteroatoms. The molecule has 0 aliphatic rings. The van der Waals surface area contributed by atoms with Crippen molar-refractivity contribution in [3.05, 3.63) is 28.2 Å². The summed E-state index contributed by atoms with van der Waals surface area (Å²) in [6, 6.07) is 4.83. The second-order valence-corrected chi connectivity index (χ2v) is 5.24. The lowest BCUT2D eigenvalue weighted by Gasteiger charge is -2.21. The minimum atomic E-state index is -0.239. The lowest BCUT2D eigenvalue weighted by Crippen LogP contribution is -2.42. The summed E-state index contributed by atoms with van der Waals surface area (Å²) < 4.78 is 0. The Bertz CT molecular complexity index is 490. The fourth-order valence-corrected chi connectivity index (χ4v) is 1.84. The molecule has 0 saturated carbocycles. The van der Waals surface area contributed by atoms with Gasteiger partial charge in [-0.2, -0.15) is 0 Å². The van der Waals surface area contributed by atoms with Crippen molar-refractivity contribution >= 4 is 40.7 Å². The van der Waals surface area contributed by atoms with Crippen molar-refractivity contribution in [2.75, 3.05) is 11.4 Å². The summed E-state index contributed by atoms with van der Waals surface area (Å²) >= 11 is 11.7. The van der Waals surface area contributed by atoms with Gasteiger partial charge in [0.25, 0.3) is 0 Å². The van der Waals surface area contributed by atoms with Crippen LogP contribution in [-0.4, -0.2) is 24.4 Å². The molecular weight excluding hydrogens is 287 g/mol. The maximum Gasteiger partial charge on any atom is 0.240 e. The normalized spacial score (nSPS) is 10.4. The predicted molar refractivity (Wildman–Crippen MR) is 77.8 cm³/mol. The summed E-state index contributed by atoms with van der Waals surface area (Å²) in [5.74, 6) is -0.464. The molecule has 0 aliphatic heterocycles. The minimum absolute atomic E-state index is 0.0233. The van der Waals surface area contributed by atoms with E-state index in [-0.39, 0.29) is 24.4 Å². The van der Waals surface area contributed by atoms with Crippen LogP contribution >= 0.6 is 23.2 Å². The summed E-state index contributed by atoms with van der Waals surface area (Å²) in [5.41, 5.74) is 0.542. The molecule has 0 spiro atoms. The molecule has 0 aliphatic carbocycles. The second-order valence-electron chi connectivity index (χ2n) is 4.43. The van der Waals surface area contributed by atoms with Gasteiger partial charge in [0.2, 0.25) is 11.8 Å². The number of nitrogens with zero attached hydrogens (tertiary/aromatic N) is 1. The number of carbonyl (C=O) groups excluding carboxylic acids is 2. The van der Waals surface area contributed by atoms with Crippen LogP contribution in [-0.2, 0) is 9.59 Å². The van der Waals surface area contributed by atoms with E-state index in [1.807, 2.05) is 13.8 Å². The van der Waals surface area contributed by atoms with Crippen LogP contribution in [0, 0.1) is 0 Å². The third-order valence-electron chi connectivity index (χ3n) is 2.35. The van der Waals surface area contributed by atoms with E-state index in [1.165, 1.54) is 11.8 Å². The molecule has 0 unspecified atom stereocenters. The van der Waals surface area contributed by atoms with Crippen molar-refractivity contribution in [3.63, 3.8) is 0 Å². The third-order valence-corrected chi connectivity index (χ3v) is 3.09. The van der Waals surface area contributed by atoms with Crippen LogP contribution in [0.15, 0.2) is 18.2 Å². The van der Waals surface area contributed by atoms with Gasteiger partial charge >= 0.3 is 0 Å². The average molecular weight is 303 g/mol. The molecule has 1 N–H and O–H groups in total. The third kappa shape index (κ3) is 4.73. The predicted octanol–water partition coefficient (Wildman–Crippen LogP) is 2.87. The molecule has 19 heavy (non-hydrogen) atoms. The average Bonchev–Trinajstić information content (AvgIpc) is 2.28. The molecule has 0 radical (unpaired) electrons. The monoisotopic (exact) mass is 302 g/mol. The highest BCUT2D eigenvalue weighted by Crippen LogP contribution is 2.27. The molecule has 4 nitrogen and oxygen atoms in total. The molecule has 1 aromatic carbocycles. The Balaban J connectivity index is 2.91. The number of halogens is 2. The quantitative estimate of drug-likeness (QED) is 0.930. The molecular formula is C13H16Cl2N2O2. The van der Waals surface area contributed by atoms with Crippen LogP contribution in [0.4, 0.5) is 5.69 Å². The van der Waals surface area contributed by atoms with Crippen molar-refractivity contribution in [2.45, 2.75) is 26.8 Å². The highest BCUT2D eigenvalue weighted by atomic mass is 35.5. The number of carbonyl (C=O) groups is 2. The number of rotatable bonds is 4. The number of hydrogen-bond donors (Lipinski definition) is 1. The summed E-state index contributed by atoms with van der Waals surface area (Å²) in [6.07, 6.45) is 0. The van der Waals surface area contributed by atoms with Gasteiger partial charge in [-0.25, -0.2) is 0 Å². The molecule has 1 aromatic rings. The molecule has 0 bridgehead atoms. The standard InChI is InChI=1S/C13H16Cl2N2O2/c1-8(2)16-13(19)7-17(9(3)18)10-4-5-11(14)12(15)6-10/h4-6,8H,7H2,1-3H3,(H,16,19). The van der Waals surface area contributed by atoms with Crippen molar-refractivity contribution < 1.29 is 9.59 Å². The Kier molecular flexibility index (Phi) is 5.63. The Hall–Kier alpha value is -1.26. The zero-order valence-electron chi connectivity index (χ0n) is 11.0. The lowest BCUT2D eigenvalue weighted by molar-refractivity contribution is -0.123. The van der Waals surface area contributed by atoms with E-state index in [9.17, 15) is 9.59 Å². The number of anilines is 1. The molecule has 0 fully saturated rings. The van der Waals surface area contributed by atoms with Crippen LogP contribution in [0.5, 0.6) is 0 Å². The van der Waals surface area contributed by atoms with Crippen molar-refractivity contribution in [2.24, 2.45) is 0 Å². The van der Waals surface area contributed by atoms with E-state index in [2.05, 4.69) is 5.32 Å². The first-order valence-corrected chi connectivity index (χ1v) is 6.59.